The molecule has 1 aromatic rings. The highest BCUT2D eigenvalue weighted by molar-refractivity contribution is 6.32. The van der Waals surface area contributed by atoms with E-state index in [-0.39, 0.29) is 24.6 Å². The maximum Gasteiger partial charge on any atom is 0.419 e. The van der Waals surface area contributed by atoms with Gasteiger partial charge >= 0.3 is 6.18 Å². The average Bonchev–Trinajstić information content (AvgIpc) is 2.68. The van der Waals surface area contributed by atoms with Gasteiger partial charge in [-0.25, -0.2) is 0 Å². The van der Waals surface area contributed by atoms with Gasteiger partial charge < -0.3 is 4.90 Å². The van der Waals surface area contributed by atoms with E-state index in [4.69, 9.17) is 18.0 Å². The molecule has 0 spiro atoms. The van der Waals surface area contributed by atoms with Crippen LogP contribution in [0.3, 0.4) is 0 Å². The molecule has 1 atom stereocenters. The molecule has 0 radical (unpaired) electrons. The highest BCUT2D eigenvalue weighted by Gasteiger charge is 2.40. The Balaban J connectivity index is 2.50. The fourth-order valence-corrected chi connectivity index (χ4v) is 2.35. The normalized spacial score (nSPS) is 19.6. The van der Waals surface area contributed by atoms with E-state index >= 15 is 0 Å². The summed E-state index contributed by atoms with van der Waals surface area (Å²) in [5.74, 6) is 1.60. The Morgan fingerprint density at radius 2 is 2.11 bits per heavy atom. The van der Waals surface area contributed by atoms with Crippen molar-refractivity contribution < 1.29 is 18.0 Å². The van der Waals surface area contributed by atoms with Crippen LogP contribution in [-0.4, -0.2) is 12.5 Å². The smallest absolute Gasteiger partial charge is 0.310 e. The second-order valence-corrected chi connectivity index (χ2v) is 4.61. The minimum atomic E-state index is -4.62. The number of carbonyl (C=O) groups is 1. The first-order chi connectivity index (χ1) is 8.84. The molecule has 0 saturated carbocycles. The van der Waals surface area contributed by atoms with Crippen LogP contribution in [0.1, 0.15) is 12.0 Å². The van der Waals surface area contributed by atoms with Crippen molar-refractivity contribution >= 4 is 23.2 Å². The van der Waals surface area contributed by atoms with Crippen molar-refractivity contribution in [3.8, 4) is 12.3 Å². The van der Waals surface area contributed by atoms with E-state index in [0.717, 1.165) is 11.0 Å². The standard InChI is InChI=1S/C13H9ClF3NO/c1-2-8-6-11(19)18(7-8)10-5-3-4-9(14)12(10)13(15,16)17/h1,3-5,8H,6-7H2. The van der Waals surface area contributed by atoms with Gasteiger partial charge in [-0.05, 0) is 12.1 Å². The minimum absolute atomic E-state index is 0.0559. The molecule has 1 unspecified atom stereocenters. The van der Waals surface area contributed by atoms with E-state index in [9.17, 15) is 18.0 Å². The number of amides is 1. The van der Waals surface area contributed by atoms with Crippen molar-refractivity contribution in [2.75, 3.05) is 11.4 Å². The first-order valence-corrected chi connectivity index (χ1v) is 5.84. The predicted molar refractivity (Wildman–Crippen MR) is 65.7 cm³/mol. The molecule has 19 heavy (non-hydrogen) atoms. The van der Waals surface area contributed by atoms with Crippen LogP contribution in [0.2, 0.25) is 5.02 Å². The Kier molecular flexibility index (Phi) is 3.46. The summed E-state index contributed by atoms with van der Waals surface area (Å²) < 4.78 is 39.0. The van der Waals surface area contributed by atoms with Gasteiger partial charge in [0, 0.05) is 18.9 Å². The molecule has 1 fully saturated rings. The van der Waals surface area contributed by atoms with Crippen molar-refractivity contribution in [2.24, 2.45) is 5.92 Å². The number of carbonyl (C=O) groups excluding carboxylic acids is 1. The highest BCUT2D eigenvalue weighted by Crippen LogP contribution is 2.42. The Bertz CT molecular complexity index is 562. The van der Waals surface area contributed by atoms with Crippen LogP contribution in [0.25, 0.3) is 0 Å². The average molecular weight is 288 g/mol. The summed E-state index contributed by atoms with van der Waals surface area (Å²) in [6.45, 7) is 0.0821. The van der Waals surface area contributed by atoms with Crippen LogP contribution >= 0.6 is 11.6 Å². The molecule has 1 amide bonds. The fraction of sp³-hybridized carbons (Fsp3) is 0.308. The maximum absolute atomic E-state index is 13.0. The highest BCUT2D eigenvalue weighted by atomic mass is 35.5. The lowest BCUT2D eigenvalue weighted by Crippen LogP contribution is -2.27. The largest absolute Gasteiger partial charge is 0.419 e. The second-order valence-electron chi connectivity index (χ2n) is 4.20. The Labute approximate surface area is 113 Å². The third-order valence-electron chi connectivity index (χ3n) is 2.93. The van der Waals surface area contributed by atoms with Crippen molar-refractivity contribution in [2.45, 2.75) is 12.6 Å². The molecule has 1 aliphatic rings. The summed E-state index contributed by atoms with van der Waals surface area (Å²) in [5.41, 5.74) is -1.23. The van der Waals surface area contributed by atoms with Gasteiger partial charge in [-0.1, -0.05) is 17.7 Å². The van der Waals surface area contributed by atoms with Gasteiger partial charge in [-0.3, -0.25) is 4.79 Å². The number of rotatable bonds is 1. The van der Waals surface area contributed by atoms with Crippen molar-refractivity contribution in [1.82, 2.24) is 0 Å². The summed E-state index contributed by atoms with van der Waals surface area (Å²) >= 11 is 5.61. The van der Waals surface area contributed by atoms with E-state index in [1.54, 1.807) is 0 Å². The third kappa shape index (κ3) is 2.54. The monoisotopic (exact) mass is 287 g/mol. The fourth-order valence-electron chi connectivity index (χ4n) is 2.07. The molecule has 2 rings (SSSR count). The lowest BCUT2D eigenvalue weighted by atomic mass is 10.1. The Hall–Kier alpha value is -1.67. The number of nitrogens with zero attached hydrogens (tertiary/aromatic N) is 1. The summed E-state index contributed by atoms with van der Waals surface area (Å²) in [4.78, 5) is 12.8. The van der Waals surface area contributed by atoms with Crippen molar-refractivity contribution in [1.29, 1.82) is 0 Å². The van der Waals surface area contributed by atoms with Crippen molar-refractivity contribution in [3.63, 3.8) is 0 Å². The molecule has 1 aromatic carbocycles. The number of benzene rings is 1. The van der Waals surface area contributed by atoms with Gasteiger partial charge in [0.2, 0.25) is 5.91 Å². The van der Waals surface area contributed by atoms with Crippen molar-refractivity contribution in [3.05, 3.63) is 28.8 Å². The number of halogens is 4. The van der Waals surface area contributed by atoms with Crippen LogP contribution in [0.5, 0.6) is 0 Å². The molecule has 2 nitrogen and oxygen atoms in total. The summed E-state index contributed by atoms with van der Waals surface area (Å²) in [6.07, 6.45) is 0.646. The first kappa shape index (κ1) is 13.8. The number of alkyl halides is 3. The topological polar surface area (TPSA) is 20.3 Å². The number of anilines is 1. The quantitative estimate of drug-likeness (QED) is 0.726. The molecule has 100 valence electrons. The Morgan fingerprint density at radius 1 is 1.42 bits per heavy atom. The van der Waals surface area contributed by atoms with Crippen LogP contribution in [0.15, 0.2) is 18.2 Å². The van der Waals surface area contributed by atoms with E-state index in [2.05, 4.69) is 5.92 Å². The first-order valence-electron chi connectivity index (χ1n) is 5.46. The molecule has 6 heteroatoms. The van der Waals surface area contributed by atoms with Crippen LogP contribution < -0.4 is 4.90 Å². The van der Waals surface area contributed by atoms with Gasteiger partial charge in [-0.2, -0.15) is 13.2 Å². The number of hydrogen-bond donors (Lipinski definition) is 0. The summed E-state index contributed by atoms with van der Waals surface area (Å²) in [5, 5.41) is -0.429. The van der Waals surface area contributed by atoms with E-state index < -0.39 is 22.7 Å². The SMILES string of the molecule is C#CC1CC(=O)N(c2cccc(Cl)c2C(F)(F)F)C1. The molecule has 0 N–H and O–H groups in total. The van der Waals surface area contributed by atoms with Gasteiger partial charge in [0.25, 0.3) is 0 Å². The molecule has 1 heterocycles. The number of hydrogen-bond acceptors (Lipinski definition) is 1. The zero-order valence-electron chi connectivity index (χ0n) is 9.67. The molecular formula is C13H9ClF3NO. The maximum atomic E-state index is 13.0. The van der Waals surface area contributed by atoms with Crippen LogP contribution in [-0.2, 0) is 11.0 Å². The van der Waals surface area contributed by atoms with Gasteiger partial charge in [0.05, 0.1) is 16.3 Å². The number of terminal acetylenes is 1. The molecule has 0 aromatic heterocycles. The lowest BCUT2D eigenvalue weighted by molar-refractivity contribution is -0.137. The molecule has 1 aliphatic heterocycles. The lowest BCUT2D eigenvalue weighted by Gasteiger charge is -2.22. The van der Waals surface area contributed by atoms with Crippen LogP contribution in [0.4, 0.5) is 18.9 Å². The van der Waals surface area contributed by atoms with Gasteiger partial charge in [0.1, 0.15) is 0 Å². The predicted octanol–water partition coefficient (Wildman–Crippen LogP) is 3.34. The zero-order valence-corrected chi connectivity index (χ0v) is 10.4. The zero-order chi connectivity index (χ0) is 14.2. The molecule has 0 bridgehead atoms. The van der Waals surface area contributed by atoms with Gasteiger partial charge in [0.15, 0.2) is 0 Å². The van der Waals surface area contributed by atoms with E-state index in [0.29, 0.717) is 0 Å². The summed E-state index contributed by atoms with van der Waals surface area (Å²) in [6, 6.07) is 3.75. The van der Waals surface area contributed by atoms with Crippen LogP contribution in [0, 0.1) is 18.3 Å². The third-order valence-corrected chi connectivity index (χ3v) is 3.24. The second kappa shape index (κ2) is 4.78. The van der Waals surface area contributed by atoms with E-state index in [1.165, 1.54) is 12.1 Å². The molecule has 0 aliphatic carbocycles. The molecule has 1 saturated heterocycles. The minimum Gasteiger partial charge on any atom is -0.310 e. The summed E-state index contributed by atoms with van der Waals surface area (Å²) in [7, 11) is 0. The van der Waals surface area contributed by atoms with Gasteiger partial charge in [-0.15, -0.1) is 12.3 Å². The van der Waals surface area contributed by atoms with E-state index in [1.807, 2.05) is 0 Å². The molecular weight excluding hydrogens is 279 g/mol. The Morgan fingerprint density at radius 3 is 2.63 bits per heavy atom.